The minimum atomic E-state index is 0.409. The van der Waals surface area contributed by atoms with E-state index in [0.29, 0.717) is 16.7 Å². The van der Waals surface area contributed by atoms with Gasteiger partial charge in [0.15, 0.2) is 5.58 Å². The number of fused-ring (bicyclic) bond motifs is 1. The van der Waals surface area contributed by atoms with Gasteiger partial charge in [0.05, 0.1) is 17.2 Å². The third-order valence-corrected chi connectivity index (χ3v) is 1.99. The van der Waals surface area contributed by atoms with E-state index >= 15 is 0 Å². The number of furan rings is 1. The molecule has 0 spiro atoms. The fourth-order valence-corrected chi connectivity index (χ4v) is 1.43. The van der Waals surface area contributed by atoms with E-state index in [4.69, 9.17) is 14.9 Å². The number of benzene rings is 1. The third kappa shape index (κ3) is 1.12. The van der Waals surface area contributed by atoms with Gasteiger partial charge >= 0.3 is 0 Å². The monoisotopic (exact) mass is 182 g/mol. The Labute approximate surface area is 80.8 Å². The van der Waals surface area contributed by atoms with Crippen molar-refractivity contribution in [2.45, 2.75) is 6.92 Å². The summed E-state index contributed by atoms with van der Waals surface area (Å²) < 4.78 is 5.36. The second-order valence-corrected chi connectivity index (χ2v) is 3.02. The molecule has 0 N–H and O–H groups in total. The first kappa shape index (κ1) is 8.34. The quantitative estimate of drug-likeness (QED) is 0.628. The van der Waals surface area contributed by atoms with E-state index in [9.17, 15) is 0 Å². The fourth-order valence-electron chi connectivity index (χ4n) is 1.43. The van der Waals surface area contributed by atoms with E-state index in [1.807, 2.05) is 25.1 Å². The lowest BCUT2D eigenvalue weighted by atomic mass is 10.1. The molecule has 0 saturated carbocycles. The lowest BCUT2D eigenvalue weighted by molar-refractivity contribution is 0.577. The molecule has 0 saturated heterocycles. The molecule has 0 bridgehead atoms. The Morgan fingerprint density at radius 1 is 1.14 bits per heavy atom. The van der Waals surface area contributed by atoms with Gasteiger partial charge in [0, 0.05) is 5.39 Å². The zero-order valence-corrected chi connectivity index (χ0v) is 7.53. The summed E-state index contributed by atoms with van der Waals surface area (Å²) in [7, 11) is 0. The molecule has 2 aromatic rings. The van der Waals surface area contributed by atoms with Crippen molar-refractivity contribution in [3.8, 4) is 12.1 Å². The Balaban J connectivity index is 2.89. The number of nitrogens with zero attached hydrogens (tertiary/aromatic N) is 2. The predicted molar refractivity (Wildman–Crippen MR) is 50.4 cm³/mol. The Hall–Kier alpha value is -2.26. The molecule has 1 aromatic carbocycles. The maximum absolute atomic E-state index is 8.85. The maximum atomic E-state index is 8.85. The first-order chi connectivity index (χ1) is 6.74. The summed E-state index contributed by atoms with van der Waals surface area (Å²) >= 11 is 0. The van der Waals surface area contributed by atoms with Crippen molar-refractivity contribution >= 4 is 11.0 Å². The molecule has 0 fully saturated rings. The molecule has 3 nitrogen and oxygen atoms in total. The maximum Gasteiger partial charge on any atom is 0.152 e. The van der Waals surface area contributed by atoms with Crippen LogP contribution >= 0.6 is 0 Å². The summed E-state index contributed by atoms with van der Waals surface area (Å²) in [5, 5.41) is 18.4. The van der Waals surface area contributed by atoms with Gasteiger partial charge < -0.3 is 4.42 Å². The zero-order chi connectivity index (χ0) is 10.1. The molecule has 2 rings (SSSR count). The SMILES string of the molecule is Cc1cc2cc(C#N)cc(C#N)c2o1. The highest BCUT2D eigenvalue weighted by atomic mass is 16.3. The average molecular weight is 182 g/mol. The molecule has 3 heteroatoms. The number of rotatable bonds is 0. The molecule has 0 aliphatic rings. The highest BCUT2D eigenvalue weighted by Crippen LogP contribution is 2.23. The minimum absolute atomic E-state index is 0.409. The molecule has 0 amide bonds. The molecular weight excluding hydrogens is 176 g/mol. The zero-order valence-electron chi connectivity index (χ0n) is 7.53. The summed E-state index contributed by atoms with van der Waals surface area (Å²) in [6, 6.07) is 9.09. The smallest absolute Gasteiger partial charge is 0.152 e. The van der Waals surface area contributed by atoms with Crippen molar-refractivity contribution in [1.82, 2.24) is 0 Å². The Kier molecular flexibility index (Phi) is 1.73. The van der Waals surface area contributed by atoms with Crippen LogP contribution in [0.25, 0.3) is 11.0 Å². The van der Waals surface area contributed by atoms with Crippen LogP contribution in [-0.2, 0) is 0 Å². The van der Waals surface area contributed by atoms with Gasteiger partial charge in [0.25, 0.3) is 0 Å². The number of hydrogen-bond acceptors (Lipinski definition) is 3. The van der Waals surface area contributed by atoms with Crippen molar-refractivity contribution in [3.05, 3.63) is 35.1 Å². The summed E-state index contributed by atoms with van der Waals surface area (Å²) in [6.07, 6.45) is 0. The van der Waals surface area contributed by atoms with Gasteiger partial charge in [-0.1, -0.05) is 0 Å². The standard InChI is InChI=1S/C11H6N2O/c1-7-2-9-3-8(5-12)4-10(6-13)11(9)14-7/h2-4H,1H3. The third-order valence-electron chi connectivity index (χ3n) is 1.99. The molecular formula is C11H6N2O. The lowest BCUT2D eigenvalue weighted by Crippen LogP contribution is -1.79. The number of hydrogen-bond donors (Lipinski definition) is 0. The van der Waals surface area contributed by atoms with Gasteiger partial charge in [-0.15, -0.1) is 0 Å². The fraction of sp³-hybridized carbons (Fsp3) is 0.0909. The van der Waals surface area contributed by atoms with Gasteiger partial charge in [0.2, 0.25) is 0 Å². The Morgan fingerprint density at radius 3 is 2.57 bits per heavy atom. The van der Waals surface area contributed by atoms with Crippen molar-refractivity contribution in [2.24, 2.45) is 0 Å². The van der Waals surface area contributed by atoms with Gasteiger partial charge in [0.1, 0.15) is 11.8 Å². The number of nitriles is 2. The van der Waals surface area contributed by atoms with Crippen molar-refractivity contribution in [3.63, 3.8) is 0 Å². The lowest BCUT2D eigenvalue weighted by Gasteiger charge is -1.92. The van der Waals surface area contributed by atoms with Crippen LogP contribution in [0.4, 0.5) is 0 Å². The molecule has 1 aromatic heterocycles. The van der Waals surface area contributed by atoms with Crippen molar-refractivity contribution in [1.29, 1.82) is 10.5 Å². The van der Waals surface area contributed by atoms with Crippen LogP contribution in [0.3, 0.4) is 0 Å². The predicted octanol–water partition coefficient (Wildman–Crippen LogP) is 2.48. The van der Waals surface area contributed by atoms with E-state index in [1.165, 1.54) is 6.07 Å². The Bertz CT molecular complexity index is 582. The van der Waals surface area contributed by atoms with Gasteiger partial charge in [-0.2, -0.15) is 10.5 Å². The van der Waals surface area contributed by atoms with Crippen LogP contribution in [0.15, 0.2) is 22.6 Å². The van der Waals surface area contributed by atoms with Gasteiger partial charge in [-0.3, -0.25) is 0 Å². The first-order valence-electron chi connectivity index (χ1n) is 4.09. The van der Waals surface area contributed by atoms with Crippen LogP contribution in [0.1, 0.15) is 16.9 Å². The van der Waals surface area contributed by atoms with E-state index in [0.717, 1.165) is 11.1 Å². The highest BCUT2D eigenvalue weighted by molar-refractivity contribution is 5.84. The van der Waals surface area contributed by atoms with E-state index in [2.05, 4.69) is 0 Å². The molecule has 1 heterocycles. The number of aryl methyl sites for hydroxylation is 1. The van der Waals surface area contributed by atoms with E-state index in [-0.39, 0.29) is 0 Å². The van der Waals surface area contributed by atoms with Gasteiger partial charge in [-0.25, -0.2) is 0 Å². The second kappa shape index (κ2) is 2.90. The first-order valence-corrected chi connectivity index (χ1v) is 4.09. The summed E-state index contributed by atoms with van der Waals surface area (Å²) in [5.74, 6) is 0.742. The van der Waals surface area contributed by atoms with Crippen LogP contribution < -0.4 is 0 Å². The summed E-state index contributed by atoms with van der Waals surface area (Å²) in [4.78, 5) is 0. The molecule has 0 atom stereocenters. The van der Waals surface area contributed by atoms with Crippen molar-refractivity contribution in [2.75, 3.05) is 0 Å². The van der Waals surface area contributed by atoms with Crippen LogP contribution in [0.2, 0.25) is 0 Å². The van der Waals surface area contributed by atoms with Gasteiger partial charge in [-0.05, 0) is 25.1 Å². The summed E-state index contributed by atoms with van der Waals surface area (Å²) in [5.41, 5.74) is 1.45. The largest absolute Gasteiger partial charge is 0.460 e. The highest BCUT2D eigenvalue weighted by Gasteiger charge is 2.07. The Morgan fingerprint density at radius 2 is 1.93 bits per heavy atom. The minimum Gasteiger partial charge on any atom is -0.460 e. The van der Waals surface area contributed by atoms with E-state index < -0.39 is 0 Å². The van der Waals surface area contributed by atoms with Crippen LogP contribution in [0.5, 0.6) is 0 Å². The molecule has 14 heavy (non-hydrogen) atoms. The molecule has 0 aliphatic carbocycles. The van der Waals surface area contributed by atoms with Crippen molar-refractivity contribution < 1.29 is 4.42 Å². The topological polar surface area (TPSA) is 60.7 Å². The molecule has 0 radical (unpaired) electrons. The van der Waals surface area contributed by atoms with E-state index in [1.54, 1.807) is 6.07 Å². The summed E-state index contributed by atoms with van der Waals surface area (Å²) in [6.45, 7) is 1.81. The normalized spacial score (nSPS) is 9.64. The average Bonchev–Trinajstić information content (AvgIpc) is 2.56. The van der Waals surface area contributed by atoms with Crippen LogP contribution in [0, 0.1) is 29.6 Å². The molecule has 0 aliphatic heterocycles. The molecule has 0 unspecified atom stereocenters. The second-order valence-electron chi connectivity index (χ2n) is 3.02. The molecule has 66 valence electrons. The van der Waals surface area contributed by atoms with Crippen LogP contribution in [-0.4, -0.2) is 0 Å².